The molecule has 0 unspecified atom stereocenters. The highest BCUT2D eigenvalue weighted by Crippen LogP contribution is 2.18. The zero-order chi connectivity index (χ0) is 16.9. The Morgan fingerprint density at radius 2 is 2.12 bits per heavy atom. The van der Waals surface area contributed by atoms with Crippen LogP contribution in [0.2, 0.25) is 5.15 Å². The first-order chi connectivity index (χ1) is 11.6. The van der Waals surface area contributed by atoms with E-state index in [-0.39, 0.29) is 5.91 Å². The molecule has 1 amide bonds. The molecule has 3 aromatic heterocycles. The molecule has 3 rings (SSSR count). The number of fused-ring (bicyclic) bond motifs is 1. The van der Waals surface area contributed by atoms with Gasteiger partial charge >= 0.3 is 0 Å². The van der Waals surface area contributed by atoms with Crippen LogP contribution >= 0.6 is 11.6 Å². The van der Waals surface area contributed by atoms with Crippen molar-refractivity contribution in [3.63, 3.8) is 0 Å². The van der Waals surface area contributed by atoms with Crippen LogP contribution in [0.25, 0.3) is 11.7 Å². The minimum atomic E-state index is -0.0899. The first kappa shape index (κ1) is 16.2. The SMILES string of the molecule is CN(CCc1ccccn1)C(=O)/C=C/c1c(Cl)nc2ccccn12. The number of rotatable bonds is 5. The fraction of sp³-hybridized carbons (Fsp3) is 0.167. The van der Waals surface area contributed by atoms with E-state index in [1.54, 1.807) is 24.2 Å². The van der Waals surface area contributed by atoms with Crippen molar-refractivity contribution in [3.8, 4) is 0 Å². The summed E-state index contributed by atoms with van der Waals surface area (Å²) >= 11 is 6.16. The number of nitrogens with zero attached hydrogens (tertiary/aromatic N) is 4. The van der Waals surface area contributed by atoms with E-state index in [9.17, 15) is 4.79 Å². The van der Waals surface area contributed by atoms with E-state index >= 15 is 0 Å². The van der Waals surface area contributed by atoms with Crippen molar-refractivity contribution in [2.75, 3.05) is 13.6 Å². The summed E-state index contributed by atoms with van der Waals surface area (Å²) in [4.78, 5) is 22.4. The Bertz CT molecular complexity index is 873. The molecule has 6 heteroatoms. The Balaban J connectivity index is 1.67. The van der Waals surface area contributed by atoms with Gasteiger partial charge in [0.25, 0.3) is 0 Å². The lowest BCUT2D eigenvalue weighted by atomic mass is 10.2. The molecule has 0 aliphatic heterocycles. The number of likely N-dealkylation sites (N-methyl/N-ethyl adjacent to an activating group) is 1. The van der Waals surface area contributed by atoms with Gasteiger partial charge in [-0.3, -0.25) is 14.2 Å². The van der Waals surface area contributed by atoms with E-state index in [1.807, 2.05) is 47.0 Å². The Morgan fingerprint density at radius 1 is 1.29 bits per heavy atom. The van der Waals surface area contributed by atoms with Gasteiger partial charge in [0.2, 0.25) is 5.91 Å². The number of carbonyl (C=O) groups is 1. The van der Waals surface area contributed by atoms with Crippen LogP contribution in [0.5, 0.6) is 0 Å². The fourth-order valence-corrected chi connectivity index (χ4v) is 2.59. The van der Waals surface area contributed by atoms with Crippen molar-refractivity contribution in [2.45, 2.75) is 6.42 Å². The van der Waals surface area contributed by atoms with Crippen molar-refractivity contribution in [2.24, 2.45) is 0 Å². The van der Waals surface area contributed by atoms with E-state index in [1.165, 1.54) is 6.08 Å². The van der Waals surface area contributed by atoms with E-state index in [0.29, 0.717) is 23.8 Å². The highest BCUT2D eigenvalue weighted by Gasteiger charge is 2.09. The summed E-state index contributed by atoms with van der Waals surface area (Å²) in [5, 5.41) is 0.376. The second-order valence-corrected chi connectivity index (χ2v) is 5.74. The normalized spacial score (nSPS) is 11.2. The molecule has 3 aromatic rings. The van der Waals surface area contributed by atoms with Crippen molar-refractivity contribution in [1.82, 2.24) is 19.3 Å². The summed E-state index contributed by atoms with van der Waals surface area (Å²) in [5.41, 5.74) is 2.41. The molecule has 0 aliphatic rings. The number of hydrogen-bond donors (Lipinski definition) is 0. The van der Waals surface area contributed by atoms with E-state index in [2.05, 4.69) is 9.97 Å². The molecule has 0 bridgehead atoms. The van der Waals surface area contributed by atoms with Crippen LogP contribution in [-0.2, 0) is 11.2 Å². The van der Waals surface area contributed by atoms with Gasteiger partial charge in [0, 0.05) is 44.2 Å². The lowest BCUT2D eigenvalue weighted by Gasteiger charge is -2.14. The minimum Gasteiger partial charge on any atom is -0.342 e. The topological polar surface area (TPSA) is 50.5 Å². The number of imidazole rings is 1. The van der Waals surface area contributed by atoms with Crippen molar-refractivity contribution >= 4 is 29.2 Å². The molecule has 0 saturated carbocycles. The maximum absolute atomic E-state index is 12.3. The molecule has 5 nitrogen and oxygen atoms in total. The average molecular weight is 341 g/mol. The number of carbonyl (C=O) groups excluding carboxylic acids is 1. The largest absolute Gasteiger partial charge is 0.342 e. The van der Waals surface area contributed by atoms with Crippen LogP contribution < -0.4 is 0 Å². The molecule has 0 N–H and O–H groups in total. The number of hydrogen-bond acceptors (Lipinski definition) is 3. The van der Waals surface area contributed by atoms with Gasteiger partial charge in [-0.2, -0.15) is 0 Å². The second kappa shape index (κ2) is 7.27. The second-order valence-electron chi connectivity index (χ2n) is 5.38. The molecule has 0 radical (unpaired) electrons. The summed E-state index contributed by atoms with van der Waals surface area (Å²) in [6, 6.07) is 11.4. The smallest absolute Gasteiger partial charge is 0.246 e. The highest BCUT2D eigenvalue weighted by atomic mass is 35.5. The number of aromatic nitrogens is 3. The maximum atomic E-state index is 12.3. The summed E-state index contributed by atoms with van der Waals surface area (Å²) in [6.45, 7) is 0.598. The predicted molar refractivity (Wildman–Crippen MR) is 94.8 cm³/mol. The minimum absolute atomic E-state index is 0.0899. The fourth-order valence-electron chi connectivity index (χ4n) is 2.35. The Morgan fingerprint density at radius 3 is 2.92 bits per heavy atom. The third-order valence-corrected chi connectivity index (χ3v) is 3.99. The monoisotopic (exact) mass is 340 g/mol. The molecule has 24 heavy (non-hydrogen) atoms. The van der Waals surface area contributed by atoms with Crippen LogP contribution in [0.15, 0.2) is 54.9 Å². The summed E-state index contributed by atoms with van der Waals surface area (Å²) < 4.78 is 1.85. The van der Waals surface area contributed by atoms with Gasteiger partial charge in [-0.1, -0.05) is 23.7 Å². The van der Waals surface area contributed by atoms with Crippen LogP contribution in [0, 0.1) is 0 Å². The van der Waals surface area contributed by atoms with Gasteiger partial charge in [-0.05, 0) is 30.3 Å². The predicted octanol–water partition coefficient (Wildman–Crippen LogP) is 3.10. The first-order valence-corrected chi connectivity index (χ1v) is 7.98. The molecule has 0 atom stereocenters. The molecular weight excluding hydrogens is 324 g/mol. The summed E-state index contributed by atoms with van der Waals surface area (Å²) in [5.74, 6) is -0.0899. The van der Waals surface area contributed by atoms with E-state index in [0.717, 1.165) is 11.3 Å². The molecule has 3 heterocycles. The van der Waals surface area contributed by atoms with Gasteiger partial charge in [0.15, 0.2) is 5.15 Å². The van der Waals surface area contributed by atoms with Crippen LogP contribution in [-0.4, -0.2) is 38.8 Å². The highest BCUT2D eigenvalue weighted by molar-refractivity contribution is 6.31. The van der Waals surface area contributed by atoms with Crippen LogP contribution in [0.1, 0.15) is 11.4 Å². The zero-order valence-corrected chi connectivity index (χ0v) is 14.0. The van der Waals surface area contributed by atoms with Crippen LogP contribution in [0.3, 0.4) is 0 Å². The standard InChI is InChI=1S/C18H17ClN4O/c1-22(13-10-14-6-2-4-11-20-14)17(24)9-8-15-18(19)21-16-7-3-5-12-23(15)16/h2-9,11-12H,10,13H2,1H3/b9-8+. The molecule has 0 fully saturated rings. The lowest BCUT2D eigenvalue weighted by molar-refractivity contribution is -0.124. The van der Waals surface area contributed by atoms with Gasteiger partial charge in [0.1, 0.15) is 5.65 Å². The summed E-state index contributed by atoms with van der Waals surface area (Å²) in [6.07, 6.45) is 7.54. The molecule has 0 saturated heterocycles. The summed E-state index contributed by atoms with van der Waals surface area (Å²) in [7, 11) is 1.77. The van der Waals surface area contributed by atoms with Crippen molar-refractivity contribution in [3.05, 3.63) is 71.4 Å². The molecular formula is C18H17ClN4O. The lowest BCUT2D eigenvalue weighted by Crippen LogP contribution is -2.27. The molecule has 0 aliphatic carbocycles. The average Bonchev–Trinajstić information content (AvgIpc) is 2.93. The maximum Gasteiger partial charge on any atom is 0.246 e. The number of amides is 1. The van der Waals surface area contributed by atoms with Gasteiger partial charge in [0.05, 0.1) is 5.69 Å². The molecule has 122 valence electrons. The number of pyridine rings is 2. The third kappa shape index (κ3) is 3.63. The van der Waals surface area contributed by atoms with E-state index < -0.39 is 0 Å². The van der Waals surface area contributed by atoms with E-state index in [4.69, 9.17) is 11.6 Å². The Hall–Kier alpha value is -2.66. The first-order valence-electron chi connectivity index (χ1n) is 7.61. The quantitative estimate of drug-likeness (QED) is 0.671. The molecule has 0 spiro atoms. The van der Waals surface area contributed by atoms with Crippen LogP contribution in [0.4, 0.5) is 0 Å². The zero-order valence-electron chi connectivity index (χ0n) is 13.3. The Kier molecular flexibility index (Phi) is 4.91. The Labute approximate surface area is 145 Å². The van der Waals surface area contributed by atoms with Gasteiger partial charge < -0.3 is 4.90 Å². The molecule has 0 aromatic carbocycles. The van der Waals surface area contributed by atoms with Crippen molar-refractivity contribution in [1.29, 1.82) is 0 Å². The van der Waals surface area contributed by atoms with Crippen molar-refractivity contribution < 1.29 is 4.79 Å². The number of halogens is 1. The van der Waals surface area contributed by atoms with Gasteiger partial charge in [-0.15, -0.1) is 0 Å². The third-order valence-electron chi connectivity index (χ3n) is 3.71. The van der Waals surface area contributed by atoms with Gasteiger partial charge in [-0.25, -0.2) is 4.98 Å².